The van der Waals surface area contributed by atoms with Crippen molar-refractivity contribution in [2.45, 2.75) is 44.3 Å². The Hall–Kier alpha value is -0.860. The molecule has 1 N–H and O–H groups in total. The zero-order valence-electron chi connectivity index (χ0n) is 10.4. The number of rotatable bonds is 2. The molecule has 2 heteroatoms. The summed E-state index contributed by atoms with van der Waals surface area (Å²) >= 11 is 0. The van der Waals surface area contributed by atoms with Crippen molar-refractivity contribution in [1.82, 2.24) is 10.2 Å². The number of piperazine rings is 1. The van der Waals surface area contributed by atoms with E-state index in [0.29, 0.717) is 0 Å². The molecule has 1 aliphatic carbocycles. The molecule has 1 saturated carbocycles. The van der Waals surface area contributed by atoms with Crippen molar-refractivity contribution in [3.05, 3.63) is 35.9 Å². The molecule has 0 radical (unpaired) electrons. The molecular weight excluding hydrogens is 208 g/mol. The molecule has 2 atom stereocenters. The maximum absolute atomic E-state index is 3.70. The fourth-order valence-electron chi connectivity index (χ4n) is 3.36. The summed E-state index contributed by atoms with van der Waals surface area (Å²) < 4.78 is 0. The van der Waals surface area contributed by atoms with Crippen LogP contribution in [0.25, 0.3) is 0 Å². The number of nitrogens with zero attached hydrogens (tertiary/aromatic N) is 1. The number of fused-ring (bicyclic) bond motifs is 1. The Morgan fingerprint density at radius 3 is 2.82 bits per heavy atom. The van der Waals surface area contributed by atoms with Crippen LogP contribution < -0.4 is 5.32 Å². The average Bonchev–Trinajstić information content (AvgIpc) is 2.40. The van der Waals surface area contributed by atoms with Gasteiger partial charge in [0.1, 0.15) is 0 Å². The highest BCUT2D eigenvalue weighted by atomic mass is 15.2. The van der Waals surface area contributed by atoms with Gasteiger partial charge in [0.25, 0.3) is 0 Å². The lowest BCUT2D eigenvalue weighted by atomic mass is 9.87. The Morgan fingerprint density at radius 1 is 1.12 bits per heavy atom. The van der Waals surface area contributed by atoms with Crippen molar-refractivity contribution in [3.63, 3.8) is 0 Å². The Morgan fingerprint density at radius 2 is 1.94 bits per heavy atom. The summed E-state index contributed by atoms with van der Waals surface area (Å²) in [5.74, 6) is 0. The molecule has 1 saturated heterocycles. The first-order chi connectivity index (χ1) is 8.43. The molecule has 17 heavy (non-hydrogen) atoms. The molecule has 1 aliphatic heterocycles. The van der Waals surface area contributed by atoms with Crippen LogP contribution in [0.15, 0.2) is 30.3 Å². The van der Waals surface area contributed by atoms with E-state index in [1.807, 2.05) is 0 Å². The van der Waals surface area contributed by atoms with Crippen molar-refractivity contribution < 1.29 is 0 Å². The number of hydrogen-bond acceptors (Lipinski definition) is 2. The van der Waals surface area contributed by atoms with Crippen molar-refractivity contribution >= 4 is 0 Å². The van der Waals surface area contributed by atoms with Gasteiger partial charge in [-0.3, -0.25) is 4.90 Å². The Balaban J connectivity index is 1.69. The number of hydrogen-bond donors (Lipinski definition) is 1. The van der Waals surface area contributed by atoms with Crippen LogP contribution in [-0.4, -0.2) is 30.1 Å². The van der Waals surface area contributed by atoms with E-state index in [9.17, 15) is 0 Å². The predicted molar refractivity (Wildman–Crippen MR) is 70.9 cm³/mol. The summed E-state index contributed by atoms with van der Waals surface area (Å²) in [4.78, 5) is 2.69. The predicted octanol–water partition coefficient (Wildman–Crippen LogP) is 2.40. The van der Waals surface area contributed by atoms with Crippen LogP contribution in [0.4, 0.5) is 0 Å². The summed E-state index contributed by atoms with van der Waals surface area (Å²) in [5.41, 5.74) is 1.46. The Kier molecular flexibility index (Phi) is 3.44. The molecule has 2 unspecified atom stereocenters. The van der Waals surface area contributed by atoms with E-state index >= 15 is 0 Å². The molecule has 2 aliphatic rings. The third-order valence-electron chi connectivity index (χ3n) is 4.23. The highest BCUT2D eigenvalue weighted by Gasteiger charge is 2.32. The topological polar surface area (TPSA) is 15.3 Å². The van der Waals surface area contributed by atoms with Crippen LogP contribution in [0.1, 0.15) is 31.2 Å². The normalized spacial score (nSPS) is 29.9. The summed E-state index contributed by atoms with van der Waals surface area (Å²) in [6, 6.07) is 12.4. The molecule has 1 heterocycles. The van der Waals surface area contributed by atoms with E-state index < -0.39 is 0 Å². The van der Waals surface area contributed by atoms with E-state index in [-0.39, 0.29) is 0 Å². The molecular formula is C15H22N2. The highest BCUT2D eigenvalue weighted by molar-refractivity contribution is 5.15. The fraction of sp³-hybridized carbons (Fsp3) is 0.600. The molecule has 2 fully saturated rings. The van der Waals surface area contributed by atoms with Gasteiger partial charge < -0.3 is 5.32 Å². The Labute approximate surface area is 104 Å². The average molecular weight is 230 g/mol. The standard InChI is InChI=1S/C15H22N2/c1-2-6-13(7-3-1)12-17-11-10-16-14-8-4-5-9-15(14)17/h1-3,6-7,14-16H,4-5,8-12H2. The summed E-state index contributed by atoms with van der Waals surface area (Å²) in [6.45, 7) is 3.49. The lowest BCUT2D eigenvalue weighted by Crippen LogP contribution is -2.58. The zero-order valence-corrected chi connectivity index (χ0v) is 10.4. The third-order valence-corrected chi connectivity index (χ3v) is 4.23. The number of benzene rings is 1. The van der Waals surface area contributed by atoms with Gasteiger partial charge in [-0.25, -0.2) is 0 Å². The Bertz CT molecular complexity index is 347. The minimum atomic E-state index is 0.751. The third kappa shape index (κ3) is 2.53. The van der Waals surface area contributed by atoms with E-state index in [1.165, 1.54) is 37.8 Å². The van der Waals surface area contributed by atoms with Gasteiger partial charge in [0.2, 0.25) is 0 Å². The van der Waals surface area contributed by atoms with Crippen LogP contribution in [0.2, 0.25) is 0 Å². The van der Waals surface area contributed by atoms with Gasteiger partial charge in [0.05, 0.1) is 0 Å². The SMILES string of the molecule is c1ccc(CN2CCNC3CCCCC32)cc1. The van der Waals surface area contributed by atoms with E-state index in [0.717, 1.165) is 25.2 Å². The molecule has 0 spiro atoms. The summed E-state index contributed by atoms with van der Waals surface area (Å²) in [6.07, 6.45) is 5.57. The fourth-order valence-corrected chi connectivity index (χ4v) is 3.36. The summed E-state index contributed by atoms with van der Waals surface area (Å²) in [7, 11) is 0. The first-order valence-corrected chi connectivity index (χ1v) is 6.95. The molecule has 0 bridgehead atoms. The molecule has 3 rings (SSSR count). The van der Waals surface area contributed by atoms with Crippen molar-refractivity contribution in [1.29, 1.82) is 0 Å². The lowest BCUT2D eigenvalue weighted by Gasteiger charge is -2.44. The van der Waals surface area contributed by atoms with E-state index in [1.54, 1.807) is 0 Å². The van der Waals surface area contributed by atoms with Crippen LogP contribution in [0, 0.1) is 0 Å². The van der Waals surface area contributed by atoms with Crippen LogP contribution >= 0.6 is 0 Å². The molecule has 1 aromatic carbocycles. The molecule has 2 nitrogen and oxygen atoms in total. The number of nitrogens with one attached hydrogen (secondary N) is 1. The molecule has 1 aromatic rings. The van der Waals surface area contributed by atoms with Gasteiger partial charge in [0.15, 0.2) is 0 Å². The van der Waals surface area contributed by atoms with Gasteiger partial charge in [-0.15, -0.1) is 0 Å². The van der Waals surface area contributed by atoms with Crippen molar-refractivity contribution in [3.8, 4) is 0 Å². The van der Waals surface area contributed by atoms with Crippen molar-refractivity contribution in [2.24, 2.45) is 0 Å². The zero-order chi connectivity index (χ0) is 11.5. The second kappa shape index (κ2) is 5.19. The maximum atomic E-state index is 3.70. The van der Waals surface area contributed by atoms with Gasteiger partial charge in [-0.2, -0.15) is 0 Å². The van der Waals surface area contributed by atoms with Crippen molar-refractivity contribution in [2.75, 3.05) is 13.1 Å². The quantitative estimate of drug-likeness (QED) is 0.839. The first-order valence-electron chi connectivity index (χ1n) is 6.95. The first kappa shape index (κ1) is 11.2. The lowest BCUT2D eigenvalue weighted by molar-refractivity contribution is 0.0815. The van der Waals surface area contributed by atoms with Crippen LogP contribution in [0.5, 0.6) is 0 Å². The molecule has 0 aromatic heterocycles. The maximum Gasteiger partial charge on any atom is 0.0253 e. The highest BCUT2D eigenvalue weighted by Crippen LogP contribution is 2.26. The molecule has 92 valence electrons. The molecule has 0 amide bonds. The van der Waals surface area contributed by atoms with E-state index in [4.69, 9.17) is 0 Å². The minimum absolute atomic E-state index is 0.751. The smallest absolute Gasteiger partial charge is 0.0253 e. The monoisotopic (exact) mass is 230 g/mol. The van der Waals surface area contributed by atoms with Crippen LogP contribution in [0.3, 0.4) is 0 Å². The second-order valence-corrected chi connectivity index (χ2v) is 5.37. The summed E-state index contributed by atoms with van der Waals surface area (Å²) in [5, 5.41) is 3.70. The second-order valence-electron chi connectivity index (χ2n) is 5.37. The van der Waals surface area contributed by atoms with E-state index in [2.05, 4.69) is 40.5 Å². The van der Waals surface area contributed by atoms with Gasteiger partial charge in [-0.05, 0) is 18.4 Å². The van der Waals surface area contributed by atoms with Crippen LogP contribution in [-0.2, 0) is 6.54 Å². The van der Waals surface area contributed by atoms with Gasteiger partial charge in [-0.1, -0.05) is 43.2 Å². The van der Waals surface area contributed by atoms with Gasteiger partial charge >= 0.3 is 0 Å². The van der Waals surface area contributed by atoms with Gasteiger partial charge in [0, 0.05) is 31.7 Å². The minimum Gasteiger partial charge on any atom is -0.311 e. The largest absolute Gasteiger partial charge is 0.311 e.